The topological polar surface area (TPSA) is 128 Å². The molecule has 8 nitrogen and oxygen atoms in total. The monoisotopic (exact) mass is 198 g/mol. The number of hydrazine groups is 2. The van der Waals surface area contributed by atoms with Crippen molar-refractivity contribution in [1.29, 1.82) is 0 Å². The predicted molar refractivity (Wildman–Crippen MR) is 46.5 cm³/mol. The van der Waals surface area contributed by atoms with Gasteiger partial charge in [-0.25, -0.2) is 11.7 Å². The Kier molecular flexibility index (Phi) is 2.79. The van der Waals surface area contributed by atoms with Gasteiger partial charge in [-0.2, -0.15) is 5.10 Å². The summed E-state index contributed by atoms with van der Waals surface area (Å²) in [7, 11) is 1.51. The molecule has 0 aromatic carbocycles. The number of carbonyl (C=O) groups excluding carboxylic acids is 2. The van der Waals surface area contributed by atoms with E-state index in [0.29, 0.717) is 0 Å². The smallest absolute Gasteiger partial charge is 0.285 e. The molecule has 76 valence electrons. The highest BCUT2D eigenvalue weighted by Crippen LogP contribution is 2.02. The van der Waals surface area contributed by atoms with Crippen LogP contribution in [0.4, 0.5) is 0 Å². The molecular weight excluding hydrogens is 188 g/mol. The van der Waals surface area contributed by atoms with E-state index in [1.165, 1.54) is 17.8 Å². The number of nitrogen functional groups attached to an aromatic ring is 2. The van der Waals surface area contributed by atoms with Crippen molar-refractivity contribution < 1.29 is 9.59 Å². The van der Waals surface area contributed by atoms with Gasteiger partial charge in [0, 0.05) is 13.1 Å². The third kappa shape index (κ3) is 1.70. The van der Waals surface area contributed by atoms with E-state index in [1.54, 1.807) is 0 Å². The zero-order valence-corrected chi connectivity index (χ0v) is 7.44. The standard InChI is InChI=1S/C6H10N6O2/c1-12-4(6(14)10-8)2-3(11-12)5(13)9-7/h2H,7-8H2,1H3,(H,9,13)(H,10,14). The molecule has 2 amide bonds. The first kappa shape index (κ1) is 10.2. The number of amides is 2. The number of hydrogen-bond donors (Lipinski definition) is 4. The van der Waals surface area contributed by atoms with Gasteiger partial charge in [0.05, 0.1) is 0 Å². The van der Waals surface area contributed by atoms with E-state index in [9.17, 15) is 9.59 Å². The average Bonchev–Trinajstić information content (AvgIpc) is 2.58. The summed E-state index contributed by atoms with van der Waals surface area (Å²) < 4.78 is 1.23. The van der Waals surface area contributed by atoms with Crippen LogP contribution in [0, 0.1) is 0 Å². The summed E-state index contributed by atoms with van der Waals surface area (Å²) in [6, 6.07) is 1.28. The summed E-state index contributed by atoms with van der Waals surface area (Å²) in [6.45, 7) is 0. The van der Waals surface area contributed by atoms with Crippen LogP contribution in [0.2, 0.25) is 0 Å². The van der Waals surface area contributed by atoms with Crippen LogP contribution in [-0.4, -0.2) is 21.6 Å². The van der Waals surface area contributed by atoms with Gasteiger partial charge in [0.2, 0.25) is 0 Å². The highest BCUT2D eigenvalue weighted by atomic mass is 16.2. The number of carbonyl (C=O) groups is 2. The SMILES string of the molecule is Cn1nc(C(=O)NN)cc1C(=O)NN. The molecule has 1 rings (SSSR count). The number of rotatable bonds is 2. The normalized spacial score (nSPS) is 9.64. The van der Waals surface area contributed by atoms with Gasteiger partial charge in [0.25, 0.3) is 11.8 Å². The average molecular weight is 198 g/mol. The molecule has 1 aromatic heterocycles. The number of aryl methyl sites for hydroxylation is 1. The molecule has 14 heavy (non-hydrogen) atoms. The van der Waals surface area contributed by atoms with Crippen LogP contribution in [0.1, 0.15) is 21.0 Å². The van der Waals surface area contributed by atoms with Crippen LogP contribution in [0.3, 0.4) is 0 Å². The minimum atomic E-state index is -0.573. The van der Waals surface area contributed by atoms with Gasteiger partial charge in [-0.3, -0.25) is 25.1 Å². The zero-order chi connectivity index (χ0) is 10.7. The number of nitrogens with two attached hydrogens (primary N) is 2. The predicted octanol–water partition coefficient (Wildman–Crippen LogP) is -2.37. The molecule has 0 saturated carbocycles. The molecule has 0 bridgehead atoms. The third-order valence-corrected chi connectivity index (χ3v) is 1.61. The lowest BCUT2D eigenvalue weighted by atomic mass is 10.3. The lowest BCUT2D eigenvalue weighted by molar-refractivity contribution is 0.0938. The molecule has 0 unspecified atom stereocenters. The fourth-order valence-electron chi connectivity index (χ4n) is 0.939. The van der Waals surface area contributed by atoms with Crippen molar-refractivity contribution >= 4 is 11.8 Å². The maximum Gasteiger partial charge on any atom is 0.285 e. The first-order valence-electron chi connectivity index (χ1n) is 3.66. The van der Waals surface area contributed by atoms with E-state index < -0.39 is 11.8 Å². The van der Waals surface area contributed by atoms with Crippen LogP contribution in [0.25, 0.3) is 0 Å². The zero-order valence-electron chi connectivity index (χ0n) is 7.44. The molecule has 6 N–H and O–H groups in total. The molecule has 0 atom stereocenters. The summed E-state index contributed by atoms with van der Waals surface area (Å²) in [5.74, 6) is 8.72. The van der Waals surface area contributed by atoms with Crippen LogP contribution in [0.15, 0.2) is 6.07 Å². The Bertz CT molecular complexity index is 370. The van der Waals surface area contributed by atoms with Crippen molar-refractivity contribution in [3.63, 3.8) is 0 Å². The van der Waals surface area contributed by atoms with Gasteiger partial charge in [-0.1, -0.05) is 0 Å². The van der Waals surface area contributed by atoms with Gasteiger partial charge < -0.3 is 0 Å². The number of hydrogen-bond acceptors (Lipinski definition) is 5. The van der Waals surface area contributed by atoms with E-state index >= 15 is 0 Å². The maximum atomic E-state index is 11.1. The van der Waals surface area contributed by atoms with E-state index in [4.69, 9.17) is 11.7 Å². The number of aromatic nitrogens is 2. The molecule has 0 saturated heterocycles. The first-order valence-corrected chi connectivity index (χ1v) is 3.66. The van der Waals surface area contributed by atoms with Gasteiger partial charge in [0.1, 0.15) is 5.69 Å². The number of nitrogens with one attached hydrogen (secondary N) is 2. The van der Waals surface area contributed by atoms with Gasteiger partial charge in [0.15, 0.2) is 5.69 Å². The van der Waals surface area contributed by atoms with E-state index in [0.717, 1.165) is 0 Å². The molecule has 0 spiro atoms. The largest absolute Gasteiger partial charge is 0.289 e. The van der Waals surface area contributed by atoms with Gasteiger partial charge in [-0.05, 0) is 0 Å². The van der Waals surface area contributed by atoms with Crippen molar-refractivity contribution in [1.82, 2.24) is 20.6 Å². The van der Waals surface area contributed by atoms with E-state index in [-0.39, 0.29) is 11.4 Å². The van der Waals surface area contributed by atoms with Gasteiger partial charge in [-0.15, -0.1) is 0 Å². The lowest BCUT2D eigenvalue weighted by Gasteiger charge is -1.97. The van der Waals surface area contributed by atoms with Crippen LogP contribution >= 0.6 is 0 Å². The van der Waals surface area contributed by atoms with Crippen LogP contribution in [-0.2, 0) is 7.05 Å². The summed E-state index contributed by atoms with van der Waals surface area (Å²) in [6.07, 6.45) is 0. The van der Waals surface area contributed by atoms with Crippen molar-refractivity contribution in [2.75, 3.05) is 0 Å². The molecule has 0 aliphatic carbocycles. The Morgan fingerprint density at radius 1 is 1.36 bits per heavy atom. The number of nitrogens with zero attached hydrogens (tertiary/aromatic N) is 2. The molecular formula is C6H10N6O2. The summed E-state index contributed by atoms with van der Waals surface area (Å²) in [5.41, 5.74) is 4.05. The highest BCUT2D eigenvalue weighted by molar-refractivity contribution is 5.97. The summed E-state index contributed by atoms with van der Waals surface area (Å²) >= 11 is 0. The maximum absolute atomic E-state index is 11.1. The Labute approximate surface area is 79.2 Å². The Hall–Kier alpha value is -1.93. The van der Waals surface area contributed by atoms with E-state index in [2.05, 4.69) is 5.10 Å². The van der Waals surface area contributed by atoms with Crippen molar-refractivity contribution in [2.45, 2.75) is 0 Å². The summed E-state index contributed by atoms with van der Waals surface area (Å²) in [4.78, 5) is 22.1. The quantitative estimate of drug-likeness (QED) is 0.240. The van der Waals surface area contributed by atoms with Crippen molar-refractivity contribution in [3.05, 3.63) is 17.5 Å². The lowest BCUT2D eigenvalue weighted by Crippen LogP contribution is -2.31. The first-order chi connectivity index (χ1) is 6.60. The van der Waals surface area contributed by atoms with Crippen LogP contribution in [0.5, 0.6) is 0 Å². The molecule has 8 heteroatoms. The molecule has 0 aliphatic heterocycles. The minimum absolute atomic E-state index is 0.0496. The Morgan fingerprint density at radius 3 is 2.43 bits per heavy atom. The van der Waals surface area contributed by atoms with Crippen molar-refractivity contribution in [3.8, 4) is 0 Å². The second kappa shape index (κ2) is 3.85. The Morgan fingerprint density at radius 2 is 1.93 bits per heavy atom. The van der Waals surface area contributed by atoms with Gasteiger partial charge >= 0.3 is 0 Å². The van der Waals surface area contributed by atoms with Crippen molar-refractivity contribution in [2.24, 2.45) is 18.7 Å². The molecule has 1 heterocycles. The second-order valence-electron chi connectivity index (χ2n) is 2.49. The molecule has 0 radical (unpaired) electrons. The molecule has 1 aromatic rings. The Balaban J connectivity index is 3.05. The van der Waals surface area contributed by atoms with E-state index in [1.807, 2.05) is 10.9 Å². The minimum Gasteiger partial charge on any atom is -0.289 e. The van der Waals surface area contributed by atoms with Crippen LogP contribution < -0.4 is 22.5 Å². The third-order valence-electron chi connectivity index (χ3n) is 1.61. The fourth-order valence-corrected chi connectivity index (χ4v) is 0.939. The molecule has 0 aliphatic rings. The molecule has 0 fully saturated rings. The fraction of sp³-hybridized carbons (Fsp3) is 0.167. The highest BCUT2D eigenvalue weighted by Gasteiger charge is 2.15. The second-order valence-corrected chi connectivity index (χ2v) is 2.49. The summed E-state index contributed by atoms with van der Waals surface area (Å²) in [5, 5.41) is 3.76.